The molecule has 29 heavy (non-hydrogen) atoms. The second-order valence-electron chi connectivity index (χ2n) is 6.91. The number of fused-ring (bicyclic) bond motifs is 1. The standard InChI is InChI=1S/C21H22N6O2/c1-5-29-21(28)16-11-23-26(19(16)22)17-10-13(3)24-20-14(4)18(25-27(17)20)15-8-6-7-12(2)9-15/h6-11H,5,22H2,1-4H3. The van der Waals surface area contributed by atoms with Crippen LogP contribution >= 0.6 is 0 Å². The van der Waals surface area contributed by atoms with Crippen molar-refractivity contribution in [3.8, 4) is 17.1 Å². The lowest BCUT2D eigenvalue weighted by Crippen LogP contribution is -2.12. The molecule has 0 aliphatic rings. The van der Waals surface area contributed by atoms with E-state index in [9.17, 15) is 4.79 Å². The minimum Gasteiger partial charge on any atom is -0.462 e. The third kappa shape index (κ3) is 3.12. The summed E-state index contributed by atoms with van der Waals surface area (Å²) >= 11 is 0. The van der Waals surface area contributed by atoms with Gasteiger partial charge in [0.2, 0.25) is 0 Å². The van der Waals surface area contributed by atoms with Gasteiger partial charge in [-0.15, -0.1) is 0 Å². The number of anilines is 1. The van der Waals surface area contributed by atoms with Crippen LogP contribution in [0.15, 0.2) is 36.5 Å². The van der Waals surface area contributed by atoms with Gasteiger partial charge in [0.25, 0.3) is 0 Å². The number of nitrogens with zero attached hydrogens (tertiary/aromatic N) is 5. The average Bonchev–Trinajstić information content (AvgIpc) is 3.22. The van der Waals surface area contributed by atoms with Gasteiger partial charge in [0.15, 0.2) is 11.5 Å². The van der Waals surface area contributed by atoms with Crippen LogP contribution in [-0.2, 0) is 4.74 Å². The van der Waals surface area contributed by atoms with Crippen LogP contribution in [0.3, 0.4) is 0 Å². The van der Waals surface area contributed by atoms with Crippen LogP contribution < -0.4 is 5.73 Å². The Hall–Kier alpha value is -3.68. The van der Waals surface area contributed by atoms with Crippen molar-refractivity contribution in [2.24, 2.45) is 0 Å². The fourth-order valence-electron chi connectivity index (χ4n) is 3.35. The Morgan fingerprint density at radius 3 is 2.72 bits per heavy atom. The molecule has 0 spiro atoms. The first-order valence-electron chi connectivity index (χ1n) is 9.35. The first-order chi connectivity index (χ1) is 13.9. The molecule has 0 saturated heterocycles. The highest BCUT2D eigenvalue weighted by atomic mass is 16.5. The van der Waals surface area contributed by atoms with E-state index in [1.165, 1.54) is 10.9 Å². The summed E-state index contributed by atoms with van der Waals surface area (Å²) in [7, 11) is 0. The maximum absolute atomic E-state index is 12.1. The Balaban J connectivity index is 1.93. The van der Waals surface area contributed by atoms with E-state index in [-0.39, 0.29) is 18.0 Å². The highest BCUT2D eigenvalue weighted by Gasteiger charge is 2.21. The number of hydrogen-bond donors (Lipinski definition) is 1. The summed E-state index contributed by atoms with van der Waals surface area (Å²) in [4.78, 5) is 16.8. The number of rotatable bonds is 4. The second kappa shape index (κ2) is 7.05. The third-order valence-corrected chi connectivity index (χ3v) is 4.74. The molecule has 0 amide bonds. The number of carbonyl (C=O) groups is 1. The van der Waals surface area contributed by atoms with E-state index < -0.39 is 5.97 Å². The molecule has 4 aromatic rings. The van der Waals surface area contributed by atoms with Gasteiger partial charge in [0.05, 0.1) is 18.5 Å². The summed E-state index contributed by atoms with van der Waals surface area (Å²) in [6.07, 6.45) is 1.41. The van der Waals surface area contributed by atoms with Gasteiger partial charge in [0, 0.05) is 22.9 Å². The van der Waals surface area contributed by atoms with Crippen LogP contribution in [-0.4, -0.2) is 37.0 Å². The molecular weight excluding hydrogens is 368 g/mol. The number of aryl methyl sites for hydroxylation is 3. The molecule has 0 bridgehead atoms. The zero-order valence-corrected chi connectivity index (χ0v) is 16.8. The van der Waals surface area contributed by atoms with Crippen LogP contribution in [0.4, 0.5) is 5.82 Å². The Bertz CT molecular complexity index is 1240. The number of ether oxygens (including phenoxy) is 1. The molecule has 148 valence electrons. The highest BCUT2D eigenvalue weighted by molar-refractivity contribution is 5.94. The Kier molecular flexibility index (Phi) is 4.54. The van der Waals surface area contributed by atoms with E-state index in [1.54, 1.807) is 11.4 Å². The maximum atomic E-state index is 12.1. The van der Waals surface area contributed by atoms with Gasteiger partial charge in [-0.25, -0.2) is 9.78 Å². The summed E-state index contributed by atoms with van der Waals surface area (Å²) in [5, 5.41) is 9.10. The SMILES string of the molecule is CCOC(=O)c1cnn(-c2cc(C)nc3c(C)c(-c4cccc(C)c4)nn23)c1N. The van der Waals surface area contributed by atoms with Gasteiger partial charge in [-0.1, -0.05) is 23.8 Å². The van der Waals surface area contributed by atoms with Crippen molar-refractivity contribution in [3.05, 3.63) is 58.9 Å². The monoisotopic (exact) mass is 390 g/mol. The van der Waals surface area contributed by atoms with Crippen molar-refractivity contribution >= 4 is 17.4 Å². The van der Waals surface area contributed by atoms with E-state index in [4.69, 9.17) is 15.6 Å². The van der Waals surface area contributed by atoms with Crippen molar-refractivity contribution in [1.82, 2.24) is 24.4 Å². The summed E-state index contributed by atoms with van der Waals surface area (Å²) in [5.41, 5.74) is 11.9. The zero-order valence-electron chi connectivity index (χ0n) is 16.8. The Morgan fingerprint density at radius 2 is 2.00 bits per heavy atom. The molecule has 0 unspecified atom stereocenters. The minimum absolute atomic E-state index is 0.195. The van der Waals surface area contributed by atoms with Gasteiger partial charge in [-0.05, 0) is 33.8 Å². The van der Waals surface area contributed by atoms with Crippen LogP contribution in [0.2, 0.25) is 0 Å². The van der Waals surface area contributed by atoms with E-state index in [0.29, 0.717) is 11.5 Å². The predicted octanol–water partition coefficient (Wildman–Crippen LogP) is 3.27. The number of benzene rings is 1. The summed E-state index contributed by atoms with van der Waals surface area (Å²) in [5.74, 6) is 0.290. The van der Waals surface area contributed by atoms with Gasteiger partial charge >= 0.3 is 5.97 Å². The van der Waals surface area contributed by atoms with E-state index >= 15 is 0 Å². The molecule has 8 heteroatoms. The van der Waals surface area contributed by atoms with Crippen LogP contribution in [0.25, 0.3) is 22.7 Å². The molecule has 0 fully saturated rings. The molecule has 0 aliphatic carbocycles. The maximum Gasteiger partial charge on any atom is 0.343 e. The predicted molar refractivity (Wildman–Crippen MR) is 110 cm³/mol. The first kappa shape index (κ1) is 18.7. The van der Waals surface area contributed by atoms with Crippen molar-refractivity contribution in [3.63, 3.8) is 0 Å². The average molecular weight is 390 g/mol. The second-order valence-corrected chi connectivity index (χ2v) is 6.91. The summed E-state index contributed by atoms with van der Waals surface area (Å²) in [6, 6.07) is 9.99. The topological polar surface area (TPSA) is 100 Å². The fraction of sp³-hybridized carbons (Fsp3) is 0.238. The highest BCUT2D eigenvalue weighted by Crippen LogP contribution is 2.28. The van der Waals surface area contributed by atoms with Gasteiger partial charge < -0.3 is 10.5 Å². The molecule has 8 nitrogen and oxygen atoms in total. The molecule has 0 saturated carbocycles. The molecule has 2 N–H and O–H groups in total. The van der Waals surface area contributed by atoms with Crippen molar-refractivity contribution < 1.29 is 9.53 Å². The molecule has 0 radical (unpaired) electrons. The Labute approximate surface area is 167 Å². The number of carbonyl (C=O) groups excluding carboxylic acids is 1. The quantitative estimate of drug-likeness (QED) is 0.537. The number of nitrogens with two attached hydrogens (primary N) is 1. The summed E-state index contributed by atoms with van der Waals surface area (Å²) < 4.78 is 8.25. The summed E-state index contributed by atoms with van der Waals surface area (Å²) in [6.45, 7) is 7.94. The van der Waals surface area contributed by atoms with Crippen molar-refractivity contribution in [1.29, 1.82) is 0 Å². The van der Waals surface area contributed by atoms with E-state index in [0.717, 1.165) is 28.1 Å². The largest absolute Gasteiger partial charge is 0.462 e. The number of nitrogen functional groups attached to an aromatic ring is 1. The number of esters is 1. The molecule has 0 aliphatic heterocycles. The lowest BCUT2D eigenvalue weighted by molar-refractivity contribution is 0.0527. The van der Waals surface area contributed by atoms with Gasteiger partial charge in [-0.3, -0.25) is 0 Å². The van der Waals surface area contributed by atoms with E-state index in [1.807, 2.05) is 45.0 Å². The number of aromatic nitrogens is 5. The molecule has 1 aromatic carbocycles. The van der Waals surface area contributed by atoms with Gasteiger partial charge in [0.1, 0.15) is 11.4 Å². The van der Waals surface area contributed by atoms with Crippen LogP contribution in [0, 0.1) is 20.8 Å². The zero-order chi connectivity index (χ0) is 20.7. The Morgan fingerprint density at radius 1 is 1.21 bits per heavy atom. The van der Waals surface area contributed by atoms with Crippen molar-refractivity contribution in [2.45, 2.75) is 27.7 Å². The fourth-order valence-corrected chi connectivity index (χ4v) is 3.35. The number of hydrogen-bond acceptors (Lipinski definition) is 6. The van der Waals surface area contributed by atoms with E-state index in [2.05, 4.69) is 16.1 Å². The molecule has 4 rings (SSSR count). The first-order valence-corrected chi connectivity index (χ1v) is 9.35. The van der Waals surface area contributed by atoms with Gasteiger partial charge in [-0.2, -0.15) is 19.4 Å². The molecule has 0 atom stereocenters. The third-order valence-electron chi connectivity index (χ3n) is 4.74. The molecule has 3 aromatic heterocycles. The van der Waals surface area contributed by atoms with Crippen LogP contribution in [0.5, 0.6) is 0 Å². The molecule has 3 heterocycles. The minimum atomic E-state index is -0.504. The van der Waals surface area contributed by atoms with Crippen LogP contribution in [0.1, 0.15) is 34.1 Å². The van der Waals surface area contributed by atoms with Crippen molar-refractivity contribution in [2.75, 3.05) is 12.3 Å². The lowest BCUT2D eigenvalue weighted by atomic mass is 10.1. The lowest BCUT2D eigenvalue weighted by Gasteiger charge is -2.08. The molecular formula is C21H22N6O2. The smallest absolute Gasteiger partial charge is 0.343 e. The normalized spacial score (nSPS) is 11.2.